The zero-order valence-electron chi connectivity index (χ0n) is 17.5. The Kier molecular flexibility index (Phi) is 6.60. The minimum absolute atomic E-state index is 0.184. The first kappa shape index (κ1) is 21.5. The average molecular weight is 447 g/mol. The molecule has 1 aromatic heterocycles. The molecule has 0 saturated carbocycles. The smallest absolute Gasteiger partial charge is 0.243 e. The molecule has 2 aromatic rings. The summed E-state index contributed by atoms with van der Waals surface area (Å²) in [6.45, 7) is 4.15. The lowest BCUT2D eigenvalue weighted by molar-refractivity contribution is -0.134. The van der Waals surface area contributed by atoms with E-state index in [9.17, 15) is 13.2 Å². The summed E-state index contributed by atoms with van der Waals surface area (Å²) in [5.74, 6) is 0.184. The van der Waals surface area contributed by atoms with Crippen LogP contribution in [-0.4, -0.2) is 43.2 Å². The van der Waals surface area contributed by atoms with Crippen molar-refractivity contribution in [1.29, 1.82) is 0 Å². The van der Waals surface area contributed by atoms with Gasteiger partial charge in [0.1, 0.15) is 0 Å². The number of nitrogens with zero attached hydrogens (tertiary/aromatic N) is 2. The molecule has 1 aromatic carbocycles. The van der Waals surface area contributed by atoms with Gasteiger partial charge in [0.15, 0.2) is 0 Å². The molecule has 5 nitrogen and oxygen atoms in total. The van der Waals surface area contributed by atoms with E-state index in [1.54, 1.807) is 27.8 Å². The fourth-order valence-electron chi connectivity index (χ4n) is 4.61. The quantitative estimate of drug-likeness (QED) is 0.661. The van der Waals surface area contributed by atoms with Crippen molar-refractivity contribution in [3.05, 3.63) is 51.7 Å². The maximum absolute atomic E-state index is 12.9. The van der Waals surface area contributed by atoms with Crippen LogP contribution in [0.15, 0.2) is 40.6 Å². The molecule has 3 heterocycles. The molecule has 1 atom stereocenters. The first-order chi connectivity index (χ1) is 14.5. The van der Waals surface area contributed by atoms with Crippen LogP contribution in [0.4, 0.5) is 0 Å². The Bertz CT molecular complexity index is 976. The fourth-order valence-corrected chi connectivity index (χ4v) is 7.06. The van der Waals surface area contributed by atoms with Crippen molar-refractivity contribution < 1.29 is 13.2 Å². The Balaban J connectivity index is 1.38. The van der Waals surface area contributed by atoms with Gasteiger partial charge in [0.25, 0.3) is 0 Å². The van der Waals surface area contributed by atoms with Crippen molar-refractivity contribution in [3.8, 4) is 0 Å². The zero-order chi connectivity index (χ0) is 21.1. The molecule has 1 amide bonds. The van der Waals surface area contributed by atoms with Crippen LogP contribution < -0.4 is 0 Å². The van der Waals surface area contributed by atoms with Crippen LogP contribution in [0.5, 0.6) is 0 Å². The normalized spacial score (nSPS) is 20.2. The summed E-state index contributed by atoms with van der Waals surface area (Å²) in [5, 5.41) is 2.13. The molecule has 1 fully saturated rings. The highest BCUT2D eigenvalue weighted by molar-refractivity contribution is 7.89. The third-order valence-corrected chi connectivity index (χ3v) is 9.21. The van der Waals surface area contributed by atoms with Gasteiger partial charge in [-0.25, -0.2) is 8.42 Å². The molecule has 0 spiro atoms. The number of benzene rings is 1. The van der Waals surface area contributed by atoms with E-state index < -0.39 is 10.0 Å². The molecule has 7 heteroatoms. The highest BCUT2D eigenvalue weighted by Gasteiger charge is 2.30. The van der Waals surface area contributed by atoms with Gasteiger partial charge >= 0.3 is 0 Å². The number of rotatable bonds is 6. The van der Waals surface area contributed by atoms with Crippen LogP contribution in [0, 0.1) is 0 Å². The predicted octanol–water partition coefficient (Wildman–Crippen LogP) is 4.39. The summed E-state index contributed by atoms with van der Waals surface area (Å²) in [4.78, 5) is 16.7. The van der Waals surface area contributed by atoms with Crippen molar-refractivity contribution in [3.63, 3.8) is 0 Å². The average Bonchev–Trinajstić information content (AvgIpc) is 3.26. The molecular formula is C23H30N2O3S2. The second kappa shape index (κ2) is 9.20. The van der Waals surface area contributed by atoms with E-state index in [-0.39, 0.29) is 11.9 Å². The number of hydrogen-bond acceptors (Lipinski definition) is 4. The molecule has 0 radical (unpaired) electrons. The van der Waals surface area contributed by atoms with Crippen LogP contribution in [0.3, 0.4) is 0 Å². The van der Waals surface area contributed by atoms with E-state index in [0.717, 1.165) is 44.2 Å². The number of fused-ring (bicyclic) bond motifs is 1. The monoisotopic (exact) mass is 446 g/mol. The van der Waals surface area contributed by atoms with E-state index in [1.165, 1.54) is 10.4 Å². The summed E-state index contributed by atoms with van der Waals surface area (Å²) in [6, 6.07) is 9.44. The van der Waals surface area contributed by atoms with Crippen molar-refractivity contribution in [1.82, 2.24) is 9.21 Å². The van der Waals surface area contributed by atoms with E-state index in [2.05, 4.69) is 18.4 Å². The SMILES string of the molecule is CCC1c2ccsc2CCN1C(=O)CCc1ccc(S(=O)(=O)N2CCCCC2)cc1. The zero-order valence-corrected chi connectivity index (χ0v) is 19.2. The number of hydrogen-bond donors (Lipinski definition) is 0. The minimum Gasteiger partial charge on any atom is -0.335 e. The number of carbonyl (C=O) groups excluding carboxylic acids is 1. The predicted molar refractivity (Wildman–Crippen MR) is 120 cm³/mol. The van der Waals surface area contributed by atoms with E-state index in [4.69, 9.17) is 0 Å². The highest BCUT2D eigenvalue weighted by Crippen LogP contribution is 2.35. The second-order valence-electron chi connectivity index (χ2n) is 8.17. The lowest BCUT2D eigenvalue weighted by Gasteiger charge is -2.35. The fraction of sp³-hybridized carbons (Fsp3) is 0.522. The molecule has 2 aliphatic heterocycles. The first-order valence-electron chi connectivity index (χ1n) is 11.0. The summed E-state index contributed by atoms with van der Waals surface area (Å²) in [5.41, 5.74) is 2.32. The summed E-state index contributed by atoms with van der Waals surface area (Å²) < 4.78 is 27.2. The first-order valence-corrected chi connectivity index (χ1v) is 13.3. The van der Waals surface area contributed by atoms with Gasteiger partial charge in [-0.2, -0.15) is 4.31 Å². The number of aryl methyl sites for hydroxylation is 1. The summed E-state index contributed by atoms with van der Waals surface area (Å²) in [6.07, 6.45) is 5.92. The van der Waals surface area contributed by atoms with Crippen molar-refractivity contribution in [2.75, 3.05) is 19.6 Å². The summed E-state index contributed by atoms with van der Waals surface area (Å²) >= 11 is 1.79. The van der Waals surface area contributed by atoms with E-state index in [0.29, 0.717) is 30.8 Å². The maximum Gasteiger partial charge on any atom is 0.243 e. The van der Waals surface area contributed by atoms with Crippen LogP contribution >= 0.6 is 11.3 Å². The Morgan fingerprint density at radius 3 is 2.50 bits per heavy atom. The van der Waals surface area contributed by atoms with Gasteiger partial charge in [0.05, 0.1) is 10.9 Å². The molecule has 0 bridgehead atoms. The largest absolute Gasteiger partial charge is 0.335 e. The third kappa shape index (κ3) is 4.34. The Hall–Kier alpha value is -1.70. The molecule has 0 N–H and O–H groups in total. The molecular weight excluding hydrogens is 416 g/mol. The van der Waals surface area contributed by atoms with Crippen molar-refractivity contribution in [2.45, 2.75) is 62.8 Å². The lowest BCUT2D eigenvalue weighted by Crippen LogP contribution is -2.39. The van der Waals surface area contributed by atoms with Crippen LogP contribution in [-0.2, 0) is 27.7 Å². The number of carbonyl (C=O) groups is 1. The highest BCUT2D eigenvalue weighted by atomic mass is 32.2. The number of piperidine rings is 1. The molecule has 4 rings (SSSR count). The van der Waals surface area contributed by atoms with Crippen molar-refractivity contribution in [2.24, 2.45) is 0 Å². The summed E-state index contributed by atoms with van der Waals surface area (Å²) in [7, 11) is -3.40. The Morgan fingerprint density at radius 1 is 1.07 bits per heavy atom. The maximum atomic E-state index is 12.9. The van der Waals surface area contributed by atoms with E-state index in [1.807, 2.05) is 17.0 Å². The third-order valence-electron chi connectivity index (χ3n) is 6.31. The van der Waals surface area contributed by atoms with E-state index >= 15 is 0 Å². The minimum atomic E-state index is -3.40. The van der Waals surface area contributed by atoms with Crippen LogP contribution in [0.25, 0.3) is 0 Å². The number of amides is 1. The molecule has 162 valence electrons. The van der Waals surface area contributed by atoms with Gasteiger partial charge in [-0.1, -0.05) is 25.5 Å². The molecule has 1 saturated heterocycles. The van der Waals surface area contributed by atoms with Gasteiger partial charge in [0, 0.05) is 30.9 Å². The van der Waals surface area contributed by atoms with Crippen molar-refractivity contribution >= 4 is 27.3 Å². The van der Waals surface area contributed by atoms with Gasteiger partial charge in [-0.3, -0.25) is 4.79 Å². The van der Waals surface area contributed by atoms with Gasteiger partial charge in [-0.15, -0.1) is 11.3 Å². The van der Waals surface area contributed by atoms with Crippen LogP contribution in [0.1, 0.15) is 61.1 Å². The van der Waals surface area contributed by atoms with Crippen LogP contribution in [0.2, 0.25) is 0 Å². The molecule has 1 unspecified atom stereocenters. The van der Waals surface area contributed by atoms with Gasteiger partial charge in [0.2, 0.25) is 15.9 Å². The Morgan fingerprint density at radius 2 is 1.80 bits per heavy atom. The molecule has 0 aliphatic carbocycles. The topological polar surface area (TPSA) is 57.7 Å². The molecule has 30 heavy (non-hydrogen) atoms. The van der Waals surface area contributed by atoms with Gasteiger partial charge in [-0.05, 0) is 66.8 Å². The second-order valence-corrected chi connectivity index (χ2v) is 11.1. The molecule has 2 aliphatic rings. The lowest BCUT2D eigenvalue weighted by atomic mass is 9.97. The number of sulfonamides is 1. The van der Waals surface area contributed by atoms with Gasteiger partial charge < -0.3 is 4.90 Å². The Labute approximate surface area is 183 Å². The standard InChI is InChI=1S/C23H30N2O3S2/c1-2-21-20-13-17-29-22(20)12-16-25(21)23(26)11-8-18-6-9-19(10-7-18)30(27,28)24-14-4-3-5-15-24/h6-7,9-10,13,17,21H,2-5,8,11-12,14-16H2,1H3. The number of thiophene rings is 1.